The fourth-order valence-electron chi connectivity index (χ4n) is 4.71. The quantitative estimate of drug-likeness (QED) is 0.324. The molecule has 1 fully saturated rings. The monoisotopic (exact) mass is 477 g/mol. The van der Waals surface area contributed by atoms with Gasteiger partial charge >= 0.3 is 0 Å². The first-order valence-corrected chi connectivity index (χ1v) is 12.8. The molecule has 0 saturated carbocycles. The number of piperazine rings is 1. The van der Waals surface area contributed by atoms with Gasteiger partial charge in [-0.2, -0.15) is 0 Å². The van der Waals surface area contributed by atoms with E-state index in [-0.39, 0.29) is 12.3 Å². The van der Waals surface area contributed by atoms with E-state index in [1.165, 1.54) is 15.8 Å². The molecule has 178 valence electrons. The molecule has 34 heavy (non-hydrogen) atoms. The van der Waals surface area contributed by atoms with Gasteiger partial charge in [0.25, 0.3) is 5.56 Å². The number of hydrogen-bond acceptors (Lipinski definition) is 6. The van der Waals surface area contributed by atoms with Crippen LogP contribution in [0.5, 0.6) is 5.75 Å². The Morgan fingerprint density at radius 2 is 1.82 bits per heavy atom. The molecule has 1 aliphatic heterocycles. The zero-order chi connectivity index (χ0) is 23.3. The standard InChI is InChI=1S/C27H31N3O3S/c1-32-20-30-25-19-22(9-7-21(25)8-10-27(30)31)33-17-3-2-12-28-13-15-29(16-14-28)24-5-4-6-26-23(24)11-18-34-26/h4-11,18-19H,2-3,12-17,20H2,1H3. The minimum absolute atomic E-state index is 0.0707. The summed E-state index contributed by atoms with van der Waals surface area (Å²) in [5.41, 5.74) is 2.14. The second kappa shape index (κ2) is 10.6. The van der Waals surface area contributed by atoms with Crippen molar-refractivity contribution in [2.75, 3.05) is 51.3 Å². The molecular weight excluding hydrogens is 446 g/mol. The Morgan fingerprint density at radius 1 is 0.971 bits per heavy atom. The molecule has 0 amide bonds. The zero-order valence-electron chi connectivity index (χ0n) is 19.6. The van der Waals surface area contributed by atoms with Crippen molar-refractivity contribution in [3.8, 4) is 5.75 Å². The highest BCUT2D eigenvalue weighted by atomic mass is 32.1. The van der Waals surface area contributed by atoms with Gasteiger partial charge in [0.2, 0.25) is 0 Å². The molecule has 4 aromatic rings. The van der Waals surface area contributed by atoms with Gasteiger partial charge in [-0.25, -0.2) is 0 Å². The predicted molar refractivity (Wildman–Crippen MR) is 140 cm³/mol. The molecule has 0 aliphatic carbocycles. The Hall–Kier alpha value is -2.87. The number of pyridine rings is 1. The number of thiophene rings is 1. The average molecular weight is 478 g/mol. The molecule has 1 aliphatic rings. The van der Waals surface area contributed by atoms with Crippen LogP contribution in [0.3, 0.4) is 0 Å². The molecule has 0 atom stereocenters. The molecule has 2 aromatic heterocycles. The molecule has 0 unspecified atom stereocenters. The number of fused-ring (bicyclic) bond motifs is 2. The van der Waals surface area contributed by atoms with E-state index in [0.29, 0.717) is 6.61 Å². The van der Waals surface area contributed by atoms with Gasteiger partial charge in [-0.3, -0.25) is 14.3 Å². The SMILES string of the molecule is COCn1c(=O)ccc2ccc(OCCCCN3CCN(c4cccc5sccc45)CC3)cc21. The summed E-state index contributed by atoms with van der Waals surface area (Å²) in [6.45, 7) is 6.36. The van der Waals surface area contributed by atoms with Gasteiger partial charge in [0.15, 0.2) is 0 Å². The number of benzene rings is 2. The molecule has 7 heteroatoms. The fraction of sp³-hybridized carbons (Fsp3) is 0.370. The third-order valence-corrected chi connectivity index (χ3v) is 7.43. The van der Waals surface area contributed by atoms with Crippen molar-refractivity contribution in [3.63, 3.8) is 0 Å². The van der Waals surface area contributed by atoms with Crippen molar-refractivity contribution >= 4 is 38.0 Å². The van der Waals surface area contributed by atoms with Crippen LogP contribution in [0.15, 0.2) is 64.8 Å². The van der Waals surface area contributed by atoms with Crippen molar-refractivity contribution < 1.29 is 9.47 Å². The fourth-order valence-corrected chi connectivity index (χ4v) is 5.52. The van der Waals surface area contributed by atoms with Crippen LogP contribution in [0.4, 0.5) is 5.69 Å². The van der Waals surface area contributed by atoms with Gasteiger partial charge in [-0.05, 0) is 66.6 Å². The first-order chi connectivity index (χ1) is 16.7. The topological polar surface area (TPSA) is 46.9 Å². The van der Waals surface area contributed by atoms with Gasteiger partial charge in [0, 0.05) is 61.2 Å². The number of ether oxygens (including phenoxy) is 2. The van der Waals surface area contributed by atoms with E-state index in [9.17, 15) is 4.79 Å². The largest absolute Gasteiger partial charge is 0.494 e. The van der Waals surface area contributed by atoms with Crippen LogP contribution in [-0.2, 0) is 11.5 Å². The first kappa shape index (κ1) is 22.9. The molecule has 3 heterocycles. The summed E-state index contributed by atoms with van der Waals surface area (Å²) in [7, 11) is 1.59. The molecular formula is C27H31N3O3S. The number of hydrogen-bond donors (Lipinski definition) is 0. The molecule has 6 nitrogen and oxygen atoms in total. The summed E-state index contributed by atoms with van der Waals surface area (Å²) in [4.78, 5) is 17.2. The van der Waals surface area contributed by atoms with Crippen LogP contribution in [-0.4, -0.2) is 55.9 Å². The molecule has 0 bridgehead atoms. The number of anilines is 1. The number of methoxy groups -OCH3 is 1. The highest BCUT2D eigenvalue weighted by molar-refractivity contribution is 7.17. The van der Waals surface area contributed by atoms with Crippen molar-refractivity contribution in [2.45, 2.75) is 19.6 Å². The Kier molecular flexibility index (Phi) is 7.13. The number of aromatic nitrogens is 1. The molecule has 0 N–H and O–H groups in total. The number of rotatable bonds is 9. The van der Waals surface area contributed by atoms with Crippen molar-refractivity contribution in [1.29, 1.82) is 0 Å². The van der Waals surface area contributed by atoms with Crippen LogP contribution in [0.1, 0.15) is 12.8 Å². The zero-order valence-corrected chi connectivity index (χ0v) is 20.4. The number of nitrogens with zero attached hydrogens (tertiary/aromatic N) is 3. The lowest BCUT2D eigenvalue weighted by molar-refractivity contribution is 0.132. The van der Waals surface area contributed by atoms with E-state index in [0.717, 1.165) is 62.2 Å². The van der Waals surface area contributed by atoms with E-state index in [1.807, 2.05) is 35.6 Å². The van der Waals surface area contributed by atoms with Crippen molar-refractivity contribution in [1.82, 2.24) is 9.47 Å². The second-order valence-corrected chi connectivity index (χ2v) is 9.68. The first-order valence-electron chi connectivity index (χ1n) is 11.9. The van der Waals surface area contributed by atoms with E-state index in [2.05, 4.69) is 39.4 Å². The third kappa shape index (κ3) is 4.97. The Morgan fingerprint density at radius 3 is 2.68 bits per heavy atom. The maximum atomic E-state index is 12.2. The second-order valence-electron chi connectivity index (χ2n) is 8.73. The van der Waals surface area contributed by atoms with Gasteiger partial charge < -0.3 is 14.4 Å². The summed E-state index contributed by atoms with van der Waals surface area (Å²) in [5, 5.41) is 4.56. The highest BCUT2D eigenvalue weighted by Crippen LogP contribution is 2.31. The van der Waals surface area contributed by atoms with Crippen LogP contribution in [0.25, 0.3) is 21.0 Å². The van der Waals surface area contributed by atoms with Gasteiger partial charge in [0.1, 0.15) is 12.5 Å². The maximum Gasteiger partial charge on any atom is 0.252 e. The Bertz CT molecular complexity index is 1310. The van der Waals surface area contributed by atoms with Gasteiger partial charge in [0.05, 0.1) is 12.1 Å². The van der Waals surface area contributed by atoms with Crippen LogP contribution < -0.4 is 15.2 Å². The van der Waals surface area contributed by atoms with E-state index >= 15 is 0 Å². The summed E-state index contributed by atoms with van der Waals surface area (Å²) >= 11 is 1.81. The van der Waals surface area contributed by atoms with E-state index in [1.54, 1.807) is 17.7 Å². The summed E-state index contributed by atoms with van der Waals surface area (Å²) < 4.78 is 14.2. The highest BCUT2D eigenvalue weighted by Gasteiger charge is 2.18. The third-order valence-electron chi connectivity index (χ3n) is 6.55. The molecule has 1 saturated heterocycles. The smallest absolute Gasteiger partial charge is 0.252 e. The van der Waals surface area contributed by atoms with Crippen LogP contribution in [0.2, 0.25) is 0 Å². The number of unbranched alkanes of at least 4 members (excludes halogenated alkanes) is 1. The van der Waals surface area contributed by atoms with Crippen LogP contribution >= 0.6 is 11.3 Å². The van der Waals surface area contributed by atoms with Crippen molar-refractivity contribution in [2.24, 2.45) is 0 Å². The van der Waals surface area contributed by atoms with Crippen LogP contribution in [0, 0.1) is 0 Å². The molecule has 0 radical (unpaired) electrons. The lowest BCUT2D eigenvalue weighted by atomic mass is 10.2. The Balaban J connectivity index is 1.08. The molecule has 0 spiro atoms. The molecule has 5 rings (SSSR count). The van der Waals surface area contributed by atoms with E-state index < -0.39 is 0 Å². The van der Waals surface area contributed by atoms with Gasteiger partial charge in [-0.15, -0.1) is 11.3 Å². The normalized spacial score (nSPS) is 14.8. The lowest BCUT2D eigenvalue weighted by Gasteiger charge is -2.36. The minimum Gasteiger partial charge on any atom is -0.494 e. The van der Waals surface area contributed by atoms with Gasteiger partial charge in [-0.1, -0.05) is 6.07 Å². The average Bonchev–Trinajstić information content (AvgIpc) is 3.35. The maximum absolute atomic E-state index is 12.2. The Labute approximate surface area is 203 Å². The van der Waals surface area contributed by atoms with Crippen molar-refractivity contribution in [3.05, 3.63) is 70.3 Å². The summed E-state index contributed by atoms with van der Waals surface area (Å²) in [6, 6.07) is 18.2. The summed E-state index contributed by atoms with van der Waals surface area (Å²) in [5.74, 6) is 0.791. The predicted octanol–water partition coefficient (Wildman–Crippen LogP) is 4.80. The minimum atomic E-state index is -0.0707. The summed E-state index contributed by atoms with van der Waals surface area (Å²) in [6.07, 6.45) is 2.12. The molecule has 2 aromatic carbocycles. The van der Waals surface area contributed by atoms with E-state index in [4.69, 9.17) is 9.47 Å². The lowest BCUT2D eigenvalue weighted by Crippen LogP contribution is -2.46.